The molecular weight excluding hydrogens is 274 g/mol. The summed E-state index contributed by atoms with van der Waals surface area (Å²) in [6.45, 7) is 9.10. The van der Waals surface area contributed by atoms with Gasteiger partial charge in [0.05, 0.1) is 18.6 Å². The number of hydrogen-bond donors (Lipinski definition) is 1. The second kappa shape index (κ2) is 7.57. The first kappa shape index (κ1) is 16.9. The minimum Gasteiger partial charge on any atom is -0.444 e. The minimum absolute atomic E-state index is 0.400. The zero-order chi connectivity index (χ0) is 15.2. The lowest BCUT2D eigenvalue weighted by molar-refractivity contribution is 0.0522. The number of carbonyl (C=O) groups excluding carboxylic acids is 1. The molecule has 5 nitrogen and oxygen atoms in total. The first-order chi connectivity index (χ1) is 9.31. The summed E-state index contributed by atoms with van der Waals surface area (Å²) >= 11 is 1.85. The molecule has 114 valence electrons. The zero-order valence-electron chi connectivity index (χ0n) is 13.0. The van der Waals surface area contributed by atoms with E-state index < -0.39 is 11.7 Å². The molecule has 0 bridgehead atoms. The van der Waals surface area contributed by atoms with Crippen LogP contribution in [0.3, 0.4) is 0 Å². The van der Waals surface area contributed by atoms with Gasteiger partial charge in [-0.05, 0) is 33.4 Å². The number of aromatic nitrogens is 2. The molecule has 1 N–H and O–H groups in total. The molecule has 0 aliphatic carbocycles. The van der Waals surface area contributed by atoms with Crippen molar-refractivity contribution in [2.24, 2.45) is 0 Å². The number of aryl methyl sites for hydroxylation is 1. The van der Waals surface area contributed by atoms with Crippen molar-refractivity contribution in [1.82, 2.24) is 14.9 Å². The quantitative estimate of drug-likeness (QED) is 0.877. The van der Waals surface area contributed by atoms with Crippen molar-refractivity contribution in [3.63, 3.8) is 0 Å². The van der Waals surface area contributed by atoms with Gasteiger partial charge in [-0.1, -0.05) is 6.92 Å². The van der Waals surface area contributed by atoms with Crippen LogP contribution in [0, 0.1) is 0 Å². The largest absolute Gasteiger partial charge is 0.444 e. The van der Waals surface area contributed by atoms with Crippen LogP contribution < -0.4 is 5.32 Å². The summed E-state index contributed by atoms with van der Waals surface area (Å²) in [5.74, 6) is 0. The molecule has 6 heteroatoms. The standard InChI is InChI=1S/C14H25N3O2S/c1-11(20-5)6-7-17-10-15-8-12(17)9-16-13(18)19-14(2,3)4/h8,10-11H,6-7,9H2,1-5H3,(H,16,18). The van der Waals surface area contributed by atoms with Crippen molar-refractivity contribution in [1.29, 1.82) is 0 Å². The van der Waals surface area contributed by atoms with Crippen LogP contribution in [0.5, 0.6) is 0 Å². The predicted octanol–water partition coefficient (Wildman–Crippen LogP) is 3.05. The van der Waals surface area contributed by atoms with Gasteiger partial charge in [-0.3, -0.25) is 0 Å². The number of rotatable bonds is 6. The Morgan fingerprint density at radius 1 is 1.55 bits per heavy atom. The molecule has 0 aliphatic heterocycles. The van der Waals surface area contributed by atoms with E-state index in [4.69, 9.17) is 4.74 Å². The van der Waals surface area contributed by atoms with Crippen LogP contribution in [0.2, 0.25) is 0 Å². The Kier molecular flexibility index (Phi) is 6.39. The maximum Gasteiger partial charge on any atom is 0.407 e. The third-order valence-electron chi connectivity index (χ3n) is 2.79. The van der Waals surface area contributed by atoms with Crippen LogP contribution in [-0.2, 0) is 17.8 Å². The van der Waals surface area contributed by atoms with Crippen molar-refractivity contribution in [3.05, 3.63) is 18.2 Å². The highest BCUT2D eigenvalue weighted by molar-refractivity contribution is 7.99. The molecular formula is C14H25N3O2S. The van der Waals surface area contributed by atoms with E-state index >= 15 is 0 Å². The fourth-order valence-electron chi connectivity index (χ4n) is 1.61. The molecule has 1 rings (SSSR count). The summed E-state index contributed by atoms with van der Waals surface area (Å²) < 4.78 is 7.28. The minimum atomic E-state index is -0.474. The SMILES string of the molecule is CSC(C)CCn1cncc1CNC(=O)OC(C)(C)C. The molecule has 0 saturated carbocycles. The number of amides is 1. The molecule has 0 aromatic carbocycles. The second-order valence-electron chi connectivity index (χ2n) is 5.77. The summed E-state index contributed by atoms with van der Waals surface area (Å²) in [5, 5.41) is 3.37. The van der Waals surface area contributed by atoms with Gasteiger partial charge in [-0.25, -0.2) is 9.78 Å². The normalized spacial score (nSPS) is 13.1. The van der Waals surface area contributed by atoms with Crippen LogP contribution in [-0.4, -0.2) is 32.8 Å². The summed E-state index contributed by atoms with van der Waals surface area (Å²) in [7, 11) is 0. The average Bonchev–Trinajstić information content (AvgIpc) is 2.78. The van der Waals surface area contributed by atoms with E-state index in [0.717, 1.165) is 18.7 Å². The Labute approximate surface area is 125 Å². The molecule has 0 fully saturated rings. The Hall–Kier alpha value is -1.17. The highest BCUT2D eigenvalue weighted by Gasteiger charge is 2.16. The molecule has 0 radical (unpaired) electrons. The smallest absolute Gasteiger partial charge is 0.407 e. The van der Waals surface area contributed by atoms with Gasteiger partial charge in [0, 0.05) is 18.0 Å². The molecule has 0 saturated heterocycles. The summed E-state index contributed by atoms with van der Waals surface area (Å²) in [6.07, 6.45) is 6.38. The van der Waals surface area contributed by atoms with Crippen LogP contribution in [0.15, 0.2) is 12.5 Å². The Morgan fingerprint density at radius 3 is 2.85 bits per heavy atom. The van der Waals surface area contributed by atoms with Crippen LogP contribution in [0.1, 0.15) is 39.8 Å². The summed E-state index contributed by atoms with van der Waals surface area (Å²) in [4.78, 5) is 15.8. The number of alkyl carbamates (subject to hydrolysis) is 1. The number of nitrogens with one attached hydrogen (secondary N) is 1. The molecule has 1 atom stereocenters. The molecule has 1 amide bonds. The first-order valence-corrected chi connectivity index (χ1v) is 8.09. The lowest BCUT2D eigenvalue weighted by Gasteiger charge is -2.19. The van der Waals surface area contributed by atoms with Gasteiger partial charge in [-0.15, -0.1) is 0 Å². The monoisotopic (exact) mass is 299 g/mol. The lowest BCUT2D eigenvalue weighted by Crippen LogP contribution is -2.32. The number of hydrogen-bond acceptors (Lipinski definition) is 4. The zero-order valence-corrected chi connectivity index (χ0v) is 13.8. The van der Waals surface area contributed by atoms with Gasteiger partial charge in [0.1, 0.15) is 5.60 Å². The van der Waals surface area contributed by atoms with Gasteiger partial charge in [0.15, 0.2) is 0 Å². The van der Waals surface area contributed by atoms with Crippen molar-refractivity contribution < 1.29 is 9.53 Å². The number of thioether (sulfide) groups is 1. The van der Waals surface area contributed by atoms with Crippen LogP contribution in [0.25, 0.3) is 0 Å². The highest BCUT2D eigenvalue weighted by Crippen LogP contribution is 2.12. The molecule has 1 unspecified atom stereocenters. The maximum atomic E-state index is 11.6. The number of ether oxygens (including phenoxy) is 1. The second-order valence-corrected chi connectivity index (χ2v) is 7.04. The fourth-order valence-corrected chi connectivity index (χ4v) is 1.95. The molecule has 1 aromatic heterocycles. The van der Waals surface area contributed by atoms with Gasteiger partial charge >= 0.3 is 6.09 Å². The number of carbonyl (C=O) groups is 1. The van der Waals surface area contributed by atoms with Crippen molar-refractivity contribution >= 4 is 17.9 Å². The van der Waals surface area contributed by atoms with E-state index in [1.54, 1.807) is 12.5 Å². The predicted molar refractivity (Wildman–Crippen MR) is 82.9 cm³/mol. The van der Waals surface area contributed by atoms with Gasteiger partial charge in [0.2, 0.25) is 0 Å². The highest BCUT2D eigenvalue weighted by atomic mass is 32.2. The van der Waals surface area contributed by atoms with Gasteiger partial charge in [0.25, 0.3) is 0 Å². The van der Waals surface area contributed by atoms with Gasteiger partial charge in [-0.2, -0.15) is 11.8 Å². The summed E-state index contributed by atoms with van der Waals surface area (Å²) in [5.41, 5.74) is 0.516. The van der Waals surface area contributed by atoms with Crippen molar-refractivity contribution in [3.8, 4) is 0 Å². The third kappa shape index (κ3) is 6.32. The van der Waals surface area contributed by atoms with Crippen LogP contribution >= 0.6 is 11.8 Å². The van der Waals surface area contributed by atoms with Gasteiger partial charge < -0.3 is 14.6 Å². The average molecular weight is 299 g/mol. The third-order valence-corrected chi connectivity index (χ3v) is 3.83. The Bertz CT molecular complexity index is 426. The lowest BCUT2D eigenvalue weighted by atomic mass is 10.2. The molecule has 1 aromatic rings. The van der Waals surface area contributed by atoms with E-state index in [2.05, 4.69) is 28.0 Å². The number of nitrogens with zero attached hydrogens (tertiary/aromatic N) is 2. The van der Waals surface area contributed by atoms with E-state index in [-0.39, 0.29) is 0 Å². The molecule has 20 heavy (non-hydrogen) atoms. The topological polar surface area (TPSA) is 56.2 Å². The molecule has 0 spiro atoms. The van der Waals surface area contributed by atoms with E-state index in [1.807, 2.05) is 32.5 Å². The Morgan fingerprint density at radius 2 is 2.25 bits per heavy atom. The number of imidazole rings is 1. The van der Waals surface area contributed by atoms with E-state index in [0.29, 0.717) is 11.8 Å². The van der Waals surface area contributed by atoms with E-state index in [9.17, 15) is 4.79 Å². The summed E-state index contributed by atoms with van der Waals surface area (Å²) in [6, 6.07) is 0. The van der Waals surface area contributed by atoms with E-state index in [1.165, 1.54) is 0 Å². The van der Waals surface area contributed by atoms with Crippen LogP contribution in [0.4, 0.5) is 4.79 Å². The Balaban J connectivity index is 2.45. The van der Waals surface area contributed by atoms with Crippen molar-refractivity contribution in [2.75, 3.05) is 6.26 Å². The molecule has 0 aliphatic rings. The molecule has 1 heterocycles. The fraction of sp³-hybridized carbons (Fsp3) is 0.714. The first-order valence-electron chi connectivity index (χ1n) is 6.80. The maximum absolute atomic E-state index is 11.6. The van der Waals surface area contributed by atoms with Crippen molar-refractivity contribution in [2.45, 2.75) is 58.1 Å².